The van der Waals surface area contributed by atoms with Crippen molar-refractivity contribution in [1.82, 2.24) is 0 Å². The van der Waals surface area contributed by atoms with Gasteiger partial charge in [0.15, 0.2) is 17.4 Å². The van der Waals surface area contributed by atoms with Crippen molar-refractivity contribution >= 4 is 25.8 Å². The second-order valence-electron chi connectivity index (χ2n) is 0.716. The van der Waals surface area contributed by atoms with Crippen LogP contribution in [0, 0.1) is 0 Å². The smallest absolute Gasteiger partial charge is 1.00 e. The summed E-state index contributed by atoms with van der Waals surface area (Å²) in [4.78, 5) is 0. The second-order valence-corrected chi connectivity index (χ2v) is 0.716. The van der Waals surface area contributed by atoms with E-state index in [1.807, 2.05) is 0 Å². The number of hydrogen-bond acceptors (Lipinski definition) is 2. The van der Waals surface area contributed by atoms with E-state index in [0.29, 0.717) is 6.61 Å². The molecular weight excluding hydrogens is 152 g/mol. The Labute approximate surface area is 116 Å². The van der Waals surface area contributed by atoms with Crippen molar-refractivity contribution < 1.29 is 71.8 Å². The quantitative estimate of drug-likeness (QED) is 0.412. The molecule has 0 rings (SSSR count). The van der Waals surface area contributed by atoms with E-state index in [2.05, 4.69) is 4.74 Å². The molecule has 6 heteroatoms. The zero-order valence-electron chi connectivity index (χ0n) is 7.85. The standard InChI is InChI=1S/C3H8O2.Al.B.2Na.5H/c1-5-3-2-4;;;;;;;;;/h4H,2-3H2,1H3;;;;;;;;;/q;;;2*+1;;;;2*-1. The molecule has 0 unspecified atom stereocenters. The fourth-order valence-electron chi connectivity index (χ4n) is 0.0913. The zero-order chi connectivity index (χ0) is 4.12. The molecule has 2 nitrogen and oxygen atoms in total. The molecule has 9 heavy (non-hydrogen) atoms. The van der Waals surface area contributed by atoms with E-state index in [0.717, 1.165) is 0 Å². The van der Waals surface area contributed by atoms with Crippen LogP contribution in [-0.4, -0.2) is 51.2 Å². The summed E-state index contributed by atoms with van der Waals surface area (Å²) in [5.74, 6) is 0. The van der Waals surface area contributed by atoms with Crippen LogP contribution in [-0.2, 0) is 4.74 Å². The fraction of sp³-hybridized carbons (Fsp3) is 1.00. The van der Waals surface area contributed by atoms with Crippen LogP contribution in [0.4, 0.5) is 0 Å². The zero-order valence-corrected chi connectivity index (χ0v) is 9.85. The minimum atomic E-state index is 0. The van der Waals surface area contributed by atoms with Crippen LogP contribution >= 0.6 is 0 Å². The van der Waals surface area contributed by atoms with E-state index < -0.39 is 0 Å². The number of rotatable bonds is 2. The molecule has 0 atom stereocenters. The maximum atomic E-state index is 7.94. The van der Waals surface area contributed by atoms with Gasteiger partial charge in [-0.2, -0.15) is 0 Å². The molecule has 0 aliphatic carbocycles. The summed E-state index contributed by atoms with van der Waals surface area (Å²) in [7, 11) is 1.55. The molecule has 0 heterocycles. The number of aliphatic hydroxyl groups excluding tert-OH is 1. The van der Waals surface area contributed by atoms with Crippen LogP contribution in [0.25, 0.3) is 0 Å². The molecule has 0 spiro atoms. The van der Waals surface area contributed by atoms with Gasteiger partial charge in [-0.15, -0.1) is 0 Å². The molecule has 0 aromatic rings. The van der Waals surface area contributed by atoms with Gasteiger partial charge in [0.1, 0.15) is 0 Å². The minimum absolute atomic E-state index is 0. The third-order valence-corrected chi connectivity index (χ3v) is 0.295. The molecular formula is C3H13AlBNa2O2. The van der Waals surface area contributed by atoms with E-state index in [9.17, 15) is 0 Å². The predicted molar refractivity (Wildman–Crippen MR) is 36.9 cm³/mol. The molecule has 0 aromatic heterocycles. The van der Waals surface area contributed by atoms with Crippen molar-refractivity contribution in [3.05, 3.63) is 0 Å². The Bertz CT molecular complexity index is 34.8. The van der Waals surface area contributed by atoms with Gasteiger partial charge in [-0.25, -0.2) is 0 Å². The first-order valence-electron chi connectivity index (χ1n) is 1.51. The first kappa shape index (κ1) is 30.0. The summed E-state index contributed by atoms with van der Waals surface area (Å²) in [5.41, 5.74) is 0. The normalized spacial score (nSPS) is 4.67. The summed E-state index contributed by atoms with van der Waals surface area (Å²) >= 11 is 0. The van der Waals surface area contributed by atoms with E-state index in [1.165, 1.54) is 0 Å². The van der Waals surface area contributed by atoms with Gasteiger partial charge in [0.2, 0.25) is 0 Å². The monoisotopic (exact) mass is 165 g/mol. The van der Waals surface area contributed by atoms with Crippen molar-refractivity contribution in [1.29, 1.82) is 0 Å². The Hall–Kier alpha value is 2.52. The first-order valence-corrected chi connectivity index (χ1v) is 1.51. The first-order chi connectivity index (χ1) is 2.41. The van der Waals surface area contributed by atoms with Crippen LogP contribution in [0.15, 0.2) is 0 Å². The third kappa shape index (κ3) is 37.4. The third-order valence-electron chi connectivity index (χ3n) is 0.295. The predicted octanol–water partition coefficient (Wildman–Crippen LogP) is -7.71. The van der Waals surface area contributed by atoms with Crippen molar-refractivity contribution in [3.8, 4) is 0 Å². The summed E-state index contributed by atoms with van der Waals surface area (Å²) in [5, 5.41) is 7.94. The topological polar surface area (TPSA) is 29.5 Å². The average molecular weight is 165 g/mol. The van der Waals surface area contributed by atoms with Gasteiger partial charge in [0, 0.05) is 15.5 Å². The molecule has 0 aliphatic rings. The summed E-state index contributed by atoms with van der Waals surface area (Å²) in [6.45, 7) is 0.566. The number of methoxy groups -OCH3 is 1. The Morgan fingerprint density at radius 3 is 1.78 bits per heavy atom. The van der Waals surface area contributed by atoms with Gasteiger partial charge < -0.3 is 12.7 Å². The molecule has 0 aliphatic heterocycles. The Morgan fingerprint density at radius 1 is 1.44 bits per heavy atom. The minimum Gasteiger partial charge on any atom is -1.00 e. The number of hydrogen-bond donors (Lipinski definition) is 1. The summed E-state index contributed by atoms with van der Waals surface area (Å²) < 4.78 is 4.44. The number of aliphatic hydroxyl groups is 1. The van der Waals surface area contributed by atoms with Gasteiger partial charge in [-0.05, 0) is 0 Å². The molecule has 3 radical (unpaired) electrons. The van der Waals surface area contributed by atoms with Crippen LogP contribution in [0.2, 0.25) is 0 Å². The average Bonchev–Trinajstić information content (AvgIpc) is 1.41. The number of ether oxygens (including phenoxy) is 1. The molecule has 0 bridgehead atoms. The van der Waals surface area contributed by atoms with Crippen LogP contribution in [0.3, 0.4) is 0 Å². The Balaban J connectivity index is -0.00000000533. The van der Waals surface area contributed by atoms with Gasteiger partial charge in [-0.3, -0.25) is 0 Å². The molecule has 0 amide bonds. The molecule has 0 saturated carbocycles. The van der Waals surface area contributed by atoms with E-state index in [-0.39, 0.29) is 94.3 Å². The SMILES string of the molecule is COCCO.[AlH3].[B].[H-].[H-].[Na+].[Na+]. The van der Waals surface area contributed by atoms with Gasteiger partial charge >= 0.3 is 59.1 Å². The second kappa shape index (κ2) is 31.3. The Morgan fingerprint density at radius 2 is 1.78 bits per heavy atom. The maximum Gasteiger partial charge on any atom is 1.00 e. The van der Waals surface area contributed by atoms with E-state index in [4.69, 9.17) is 5.11 Å². The molecule has 1 N–H and O–H groups in total. The molecule has 0 fully saturated rings. The van der Waals surface area contributed by atoms with E-state index in [1.54, 1.807) is 7.11 Å². The van der Waals surface area contributed by atoms with Crippen molar-refractivity contribution in [2.75, 3.05) is 20.3 Å². The summed E-state index contributed by atoms with van der Waals surface area (Å²) in [6, 6.07) is 0. The van der Waals surface area contributed by atoms with Gasteiger partial charge in [0.05, 0.1) is 13.2 Å². The van der Waals surface area contributed by atoms with Gasteiger partial charge in [0.25, 0.3) is 0 Å². The van der Waals surface area contributed by atoms with Gasteiger partial charge in [-0.1, -0.05) is 0 Å². The van der Waals surface area contributed by atoms with Crippen LogP contribution < -0.4 is 59.1 Å². The maximum absolute atomic E-state index is 7.94. The van der Waals surface area contributed by atoms with Crippen molar-refractivity contribution in [2.45, 2.75) is 0 Å². The van der Waals surface area contributed by atoms with Crippen molar-refractivity contribution in [3.63, 3.8) is 0 Å². The summed E-state index contributed by atoms with van der Waals surface area (Å²) in [6.07, 6.45) is 0. The van der Waals surface area contributed by atoms with Crippen LogP contribution in [0.1, 0.15) is 2.85 Å². The molecule has 45 valence electrons. The largest absolute Gasteiger partial charge is 1.00 e. The fourth-order valence-corrected chi connectivity index (χ4v) is 0.0913. The molecule has 0 aromatic carbocycles. The van der Waals surface area contributed by atoms with Crippen LogP contribution in [0.5, 0.6) is 0 Å². The van der Waals surface area contributed by atoms with E-state index >= 15 is 0 Å². The van der Waals surface area contributed by atoms with Crippen molar-refractivity contribution in [2.24, 2.45) is 0 Å². The molecule has 0 saturated heterocycles. The Kier molecular flexibility index (Phi) is 104.